The number of nitrogens with one attached hydrogen (secondary N) is 2. The number of aromatic amines is 1. The molecule has 1 aromatic heterocycles. The van der Waals surface area contributed by atoms with Crippen molar-refractivity contribution in [2.75, 3.05) is 4.72 Å². The Balaban J connectivity index is 2.36. The molecule has 96 valence electrons. The highest BCUT2D eigenvalue weighted by atomic mass is 127. The molecule has 2 aromatic rings. The van der Waals surface area contributed by atoms with Crippen LogP contribution in [0.5, 0.6) is 0 Å². The molecule has 0 fully saturated rings. The summed E-state index contributed by atoms with van der Waals surface area (Å²) in [5.41, 5.74) is 0.495. The molecule has 0 radical (unpaired) electrons. The first kappa shape index (κ1) is 13.8. The fraction of sp³-hybridized carbons (Fsp3) is 0.100. The minimum Gasteiger partial charge on any atom is -0.332 e. The SMILES string of the molecule is Cc1ncc(S(=O)(=O)Nc2cc(I)ccc2Br)[nH]1. The van der Waals surface area contributed by atoms with Crippen LogP contribution >= 0.6 is 38.5 Å². The lowest BCUT2D eigenvalue weighted by molar-refractivity contribution is 0.598. The molecule has 1 heterocycles. The Hall–Kier alpha value is -0.610. The second-order valence-corrected chi connectivity index (χ2v) is 7.31. The van der Waals surface area contributed by atoms with Crippen molar-refractivity contribution in [3.8, 4) is 0 Å². The van der Waals surface area contributed by atoms with Gasteiger partial charge < -0.3 is 4.98 Å². The van der Waals surface area contributed by atoms with Gasteiger partial charge in [0.1, 0.15) is 5.82 Å². The molecule has 2 N–H and O–H groups in total. The maximum absolute atomic E-state index is 12.1. The molecule has 0 aliphatic rings. The van der Waals surface area contributed by atoms with Crippen LogP contribution in [0.2, 0.25) is 0 Å². The zero-order valence-electron chi connectivity index (χ0n) is 9.24. The van der Waals surface area contributed by atoms with E-state index in [1.807, 2.05) is 6.07 Å². The molecule has 5 nitrogen and oxygen atoms in total. The van der Waals surface area contributed by atoms with E-state index in [4.69, 9.17) is 0 Å². The van der Waals surface area contributed by atoms with Gasteiger partial charge in [-0.1, -0.05) is 0 Å². The van der Waals surface area contributed by atoms with Crippen molar-refractivity contribution >= 4 is 54.2 Å². The number of halogens is 2. The van der Waals surface area contributed by atoms with E-state index < -0.39 is 10.0 Å². The Bertz CT molecular complexity index is 684. The number of sulfonamides is 1. The van der Waals surface area contributed by atoms with E-state index in [1.54, 1.807) is 19.1 Å². The van der Waals surface area contributed by atoms with Crippen molar-refractivity contribution in [3.63, 3.8) is 0 Å². The minimum absolute atomic E-state index is 0.0470. The standard InChI is InChI=1S/C10H9BrIN3O2S/c1-6-13-5-10(14-6)18(16,17)15-9-4-7(12)2-3-8(9)11/h2-5,15H,1H3,(H,13,14). The van der Waals surface area contributed by atoms with Crippen LogP contribution in [0.3, 0.4) is 0 Å². The van der Waals surface area contributed by atoms with Gasteiger partial charge in [-0.05, 0) is 63.6 Å². The highest BCUT2D eigenvalue weighted by molar-refractivity contribution is 14.1. The zero-order chi connectivity index (χ0) is 13.3. The summed E-state index contributed by atoms with van der Waals surface area (Å²) in [6.45, 7) is 1.69. The van der Waals surface area contributed by atoms with Crippen LogP contribution in [0.15, 0.2) is 33.9 Å². The molecule has 8 heteroatoms. The fourth-order valence-corrected chi connectivity index (χ4v) is 3.32. The van der Waals surface area contributed by atoms with Crippen LogP contribution in [-0.2, 0) is 10.0 Å². The monoisotopic (exact) mass is 441 g/mol. The van der Waals surface area contributed by atoms with Crippen molar-refractivity contribution in [2.45, 2.75) is 11.9 Å². The highest BCUT2D eigenvalue weighted by Crippen LogP contribution is 2.26. The summed E-state index contributed by atoms with van der Waals surface area (Å²) in [7, 11) is -3.63. The molecule has 0 unspecified atom stereocenters. The maximum atomic E-state index is 12.1. The van der Waals surface area contributed by atoms with E-state index in [2.05, 4.69) is 53.2 Å². The molecule has 0 amide bonds. The van der Waals surface area contributed by atoms with Gasteiger partial charge in [-0.25, -0.2) is 4.98 Å². The molecular formula is C10H9BrIN3O2S. The van der Waals surface area contributed by atoms with Gasteiger partial charge in [-0.2, -0.15) is 8.42 Å². The quantitative estimate of drug-likeness (QED) is 0.719. The van der Waals surface area contributed by atoms with Crippen molar-refractivity contribution in [1.82, 2.24) is 9.97 Å². The number of anilines is 1. The molecule has 1 aromatic carbocycles. The van der Waals surface area contributed by atoms with Gasteiger partial charge in [0.05, 0.1) is 11.9 Å². The molecule has 0 atom stereocenters. The number of aromatic nitrogens is 2. The number of nitrogens with zero attached hydrogens (tertiary/aromatic N) is 1. The number of H-pyrrole nitrogens is 1. The van der Waals surface area contributed by atoms with E-state index in [-0.39, 0.29) is 5.03 Å². The lowest BCUT2D eigenvalue weighted by Crippen LogP contribution is -2.13. The van der Waals surface area contributed by atoms with Crippen LogP contribution in [0.4, 0.5) is 5.69 Å². The topological polar surface area (TPSA) is 74.8 Å². The molecule has 0 aliphatic carbocycles. The van der Waals surface area contributed by atoms with Gasteiger partial charge in [0.25, 0.3) is 10.0 Å². The molecular weight excluding hydrogens is 433 g/mol. The lowest BCUT2D eigenvalue weighted by atomic mass is 10.3. The minimum atomic E-state index is -3.63. The average molecular weight is 442 g/mol. The van der Waals surface area contributed by atoms with E-state index in [1.165, 1.54) is 6.20 Å². The van der Waals surface area contributed by atoms with E-state index in [9.17, 15) is 8.42 Å². The first-order valence-corrected chi connectivity index (χ1v) is 8.23. The van der Waals surface area contributed by atoms with Crippen molar-refractivity contribution in [2.24, 2.45) is 0 Å². The molecule has 2 rings (SSSR count). The lowest BCUT2D eigenvalue weighted by Gasteiger charge is -2.08. The Labute approximate surface area is 127 Å². The Morgan fingerprint density at radius 3 is 2.78 bits per heavy atom. The predicted molar refractivity (Wildman–Crippen MR) is 81.0 cm³/mol. The van der Waals surface area contributed by atoms with Gasteiger partial charge in [0.2, 0.25) is 0 Å². The molecule has 0 spiro atoms. The second-order valence-electron chi connectivity index (χ2n) is 3.56. The Morgan fingerprint density at radius 2 is 2.17 bits per heavy atom. The average Bonchev–Trinajstić information content (AvgIpc) is 2.71. The van der Waals surface area contributed by atoms with Gasteiger partial charge in [-0.15, -0.1) is 0 Å². The summed E-state index contributed by atoms with van der Waals surface area (Å²) in [4.78, 5) is 6.57. The van der Waals surface area contributed by atoms with Crippen molar-refractivity contribution in [1.29, 1.82) is 0 Å². The second kappa shape index (κ2) is 5.17. The van der Waals surface area contributed by atoms with Crippen LogP contribution in [0.1, 0.15) is 5.82 Å². The largest absolute Gasteiger partial charge is 0.332 e. The van der Waals surface area contributed by atoms with Crippen LogP contribution < -0.4 is 4.72 Å². The molecule has 0 saturated heterocycles. The number of imidazole rings is 1. The van der Waals surface area contributed by atoms with E-state index >= 15 is 0 Å². The van der Waals surface area contributed by atoms with Crippen molar-refractivity contribution < 1.29 is 8.42 Å². The summed E-state index contributed by atoms with van der Waals surface area (Å²) in [5.74, 6) is 0.553. The van der Waals surface area contributed by atoms with Gasteiger partial charge in [0, 0.05) is 8.04 Å². The zero-order valence-corrected chi connectivity index (χ0v) is 13.8. The fourth-order valence-electron chi connectivity index (χ4n) is 1.31. The molecule has 18 heavy (non-hydrogen) atoms. The molecule has 0 aliphatic heterocycles. The first-order chi connectivity index (χ1) is 8.38. The van der Waals surface area contributed by atoms with E-state index in [0.717, 1.165) is 3.57 Å². The molecule has 0 bridgehead atoms. The summed E-state index contributed by atoms with van der Waals surface area (Å²) in [6, 6.07) is 5.41. The summed E-state index contributed by atoms with van der Waals surface area (Å²) in [6.07, 6.45) is 1.29. The highest BCUT2D eigenvalue weighted by Gasteiger charge is 2.17. The van der Waals surface area contributed by atoms with Crippen LogP contribution in [-0.4, -0.2) is 18.4 Å². The third kappa shape index (κ3) is 3.04. The Morgan fingerprint density at radius 1 is 1.44 bits per heavy atom. The number of rotatable bonds is 3. The van der Waals surface area contributed by atoms with Crippen LogP contribution in [0.25, 0.3) is 0 Å². The van der Waals surface area contributed by atoms with E-state index in [0.29, 0.717) is 16.0 Å². The van der Waals surface area contributed by atoms with Crippen molar-refractivity contribution in [3.05, 3.63) is 38.3 Å². The number of hydrogen-bond donors (Lipinski definition) is 2. The summed E-state index contributed by atoms with van der Waals surface area (Å²) >= 11 is 5.42. The normalized spacial score (nSPS) is 11.5. The summed E-state index contributed by atoms with van der Waals surface area (Å²) < 4.78 is 28.3. The number of hydrogen-bond acceptors (Lipinski definition) is 3. The predicted octanol–water partition coefficient (Wildman–Crippen LogP) is 2.89. The van der Waals surface area contributed by atoms with Crippen LogP contribution in [0, 0.1) is 10.5 Å². The number of benzene rings is 1. The van der Waals surface area contributed by atoms with Gasteiger partial charge in [0.15, 0.2) is 5.03 Å². The number of aryl methyl sites for hydroxylation is 1. The Kier molecular flexibility index (Phi) is 3.97. The summed E-state index contributed by atoms with van der Waals surface area (Å²) in [5, 5.41) is 0.0470. The van der Waals surface area contributed by atoms with Gasteiger partial charge >= 0.3 is 0 Å². The molecule has 0 saturated carbocycles. The third-order valence-corrected chi connectivity index (χ3v) is 4.78. The smallest absolute Gasteiger partial charge is 0.279 e. The maximum Gasteiger partial charge on any atom is 0.279 e. The first-order valence-electron chi connectivity index (χ1n) is 4.88. The third-order valence-electron chi connectivity index (χ3n) is 2.14. The van der Waals surface area contributed by atoms with Gasteiger partial charge in [-0.3, -0.25) is 4.72 Å².